The number of halogens is 3. The average Bonchev–Trinajstić information content (AvgIpc) is 2.39. The molecule has 2 unspecified atom stereocenters. The van der Waals surface area contributed by atoms with Crippen molar-refractivity contribution in [2.75, 3.05) is 13.1 Å². The van der Waals surface area contributed by atoms with Crippen LogP contribution in [-0.4, -0.2) is 30.2 Å². The lowest BCUT2D eigenvalue weighted by Crippen LogP contribution is -2.45. The van der Waals surface area contributed by atoms with Crippen LogP contribution in [0.25, 0.3) is 0 Å². The second-order valence-electron chi connectivity index (χ2n) is 5.51. The quantitative estimate of drug-likeness (QED) is 0.823. The van der Waals surface area contributed by atoms with Crippen LogP contribution >= 0.6 is 0 Å². The molecule has 21 heavy (non-hydrogen) atoms. The van der Waals surface area contributed by atoms with Gasteiger partial charge in [0.2, 0.25) is 0 Å². The molecule has 120 valence electrons. The number of nitrogens with two attached hydrogens (primary N) is 1. The predicted molar refractivity (Wildman–Crippen MR) is 80.1 cm³/mol. The molecule has 0 amide bonds. The van der Waals surface area contributed by atoms with Gasteiger partial charge in [0, 0.05) is 6.04 Å². The maximum Gasteiger partial charge on any atom is 0.401 e. The van der Waals surface area contributed by atoms with Crippen LogP contribution in [0.2, 0.25) is 0 Å². The molecule has 1 aromatic carbocycles. The highest BCUT2D eigenvalue weighted by molar-refractivity contribution is 5.25. The molecular weight excluding hydrogens is 277 g/mol. The standard InChI is InChI=1S/C16H25F3N2/c1-4-10-21(11-16(17,18)19)15(14(20)5-2)13-8-6-12(3)7-9-13/h6-9,14-15H,4-5,10-11,20H2,1-3H3. The van der Waals surface area contributed by atoms with Crippen LogP contribution in [0.3, 0.4) is 0 Å². The van der Waals surface area contributed by atoms with Gasteiger partial charge in [0.1, 0.15) is 0 Å². The molecule has 0 spiro atoms. The van der Waals surface area contributed by atoms with E-state index in [1.807, 2.05) is 45.0 Å². The van der Waals surface area contributed by atoms with E-state index < -0.39 is 18.8 Å². The summed E-state index contributed by atoms with van der Waals surface area (Å²) in [4.78, 5) is 1.46. The minimum absolute atomic E-state index is 0.318. The second-order valence-corrected chi connectivity index (χ2v) is 5.51. The van der Waals surface area contributed by atoms with Gasteiger partial charge in [-0.05, 0) is 31.9 Å². The molecule has 0 aliphatic rings. The predicted octanol–water partition coefficient (Wildman–Crippen LogP) is 4.05. The Kier molecular flexibility index (Phi) is 6.68. The Hall–Kier alpha value is -1.07. The van der Waals surface area contributed by atoms with Gasteiger partial charge in [0.25, 0.3) is 0 Å². The topological polar surface area (TPSA) is 29.3 Å². The van der Waals surface area contributed by atoms with Gasteiger partial charge < -0.3 is 5.73 Å². The Bertz CT molecular complexity index is 415. The number of alkyl halides is 3. The molecule has 0 bridgehead atoms. The zero-order chi connectivity index (χ0) is 16.0. The molecule has 0 aliphatic heterocycles. The summed E-state index contributed by atoms with van der Waals surface area (Å²) in [6.07, 6.45) is -2.92. The van der Waals surface area contributed by atoms with Crippen LogP contribution in [0.1, 0.15) is 43.9 Å². The minimum atomic E-state index is -4.22. The first-order chi connectivity index (χ1) is 9.78. The van der Waals surface area contributed by atoms with E-state index >= 15 is 0 Å². The molecule has 1 aromatic rings. The first-order valence-corrected chi connectivity index (χ1v) is 7.41. The van der Waals surface area contributed by atoms with Crippen molar-refractivity contribution in [1.82, 2.24) is 4.90 Å². The summed E-state index contributed by atoms with van der Waals surface area (Å²) in [6, 6.07) is 6.88. The molecule has 0 aromatic heterocycles. The van der Waals surface area contributed by atoms with E-state index in [0.717, 1.165) is 11.1 Å². The third-order valence-electron chi connectivity index (χ3n) is 3.58. The van der Waals surface area contributed by atoms with Crippen molar-refractivity contribution in [3.8, 4) is 0 Å². The van der Waals surface area contributed by atoms with Crippen LogP contribution < -0.4 is 5.73 Å². The minimum Gasteiger partial charge on any atom is -0.326 e. The molecule has 0 heterocycles. The van der Waals surface area contributed by atoms with Gasteiger partial charge in [-0.15, -0.1) is 0 Å². The zero-order valence-corrected chi connectivity index (χ0v) is 13.0. The van der Waals surface area contributed by atoms with Crippen molar-refractivity contribution in [3.05, 3.63) is 35.4 Å². The first-order valence-electron chi connectivity index (χ1n) is 7.41. The number of hydrogen-bond donors (Lipinski definition) is 1. The van der Waals surface area contributed by atoms with E-state index in [4.69, 9.17) is 5.73 Å². The summed E-state index contributed by atoms with van der Waals surface area (Å²) < 4.78 is 38.6. The van der Waals surface area contributed by atoms with Gasteiger partial charge in [-0.1, -0.05) is 43.7 Å². The fourth-order valence-electron chi connectivity index (χ4n) is 2.55. The molecule has 0 aliphatic carbocycles. The lowest BCUT2D eigenvalue weighted by atomic mass is 9.95. The van der Waals surface area contributed by atoms with E-state index in [9.17, 15) is 13.2 Å². The number of rotatable bonds is 7. The van der Waals surface area contributed by atoms with Gasteiger partial charge in [0.05, 0.1) is 12.6 Å². The van der Waals surface area contributed by atoms with E-state index in [1.54, 1.807) is 0 Å². The van der Waals surface area contributed by atoms with Gasteiger partial charge in [-0.2, -0.15) is 13.2 Å². The van der Waals surface area contributed by atoms with Gasteiger partial charge in [-0.3, -0.25) is 4.90 Å². The molecule has 1 rings (SSSR count). The summed E-state index contributed by atoms with van der Waals surface area (Å²) in [6.45, 7) is 5.20. The molecule has 0 radical (unpaired) electrons. The molecule has 5 heteroatoms. The Balaban J connectivity index is 3.10. The normalized spacial score (nSPS) is 15.2. The Morgan fingerprint density at radius 3 is 2.14 bits per heavy atom. The van der Waals surface area contributed by atoms with E-state index in [2.05, 4.69) is 0 Å². The van der Waals surface area contributed by atoms with Crippen molar-refractivity contribution in [2.45, 2.75) is 51.9 Å². The maximum absolute atomic E-state index is 12.9. The lowest BCUT2D eigenvalue weighted by Gasteiger charge is -2.36. The molecule has 2 nitrogen and oxygen atoms in total. The van der Waals surface area contributed by atoms with Gasteiger partial charge in [-0.25, -0.2) is 0 Å². The highest BCUT2D eigenvalue weighted by atomic mass is 19.4. The SMILES string of the molecule is CCCN(CC(F)(F)F)C(c1ccc(C)cc1)C(N)CC. The zero-order valence-electron chi connectivity index (χ0n) is 13.0. The van der Waals surface area contributed by atoms with Crippen LogP contribution in [0.5, 0.6) is 0 Å². The van der Waals surface area contributed by atoms with E-state index in [-0.39, 0.29) is 6.04 Å². The summed E-state index contributed by atoms with van der Waals surface area (Å²) in [7, 11) is 0. The number of benzene rings is 1. The van der Waals surface area contributed by atoms with E-state index in [1.165, 1.54) is 4.90 Å². The fraction of sp³-hybridized carbons (Fsp3) is 0.625. The molecule has 0 saturated heterocycles. The van der Waals surface area contributed by atoms with Crippen molar-refractivity contribution in [2.24, 2.45) is 5.73 Å². The molecule has 2 N–H and O–H groups in total. The Labute approximate surface area is 125 Å². The maximum atomic E-state index is 12.9. The lowest BCUT2D eigenvalue weighted by molar-refractivity contribution is -0.152. The smallest absolute Gasteiger partial charge is 0.326 e. The van der Waals surface area contributed by atoms with Gasteiger partial charge >= 0.3 is 6.18 Å². The third kappa shape index (κ3) is 5.67. The van der Waals surface area contributed by atoms with Crippen LogP contribution in [0.15, 0.2) is 24.3 Å². The highest BCUT2D eigenvalue weighted by Gasteiger charge is 2.35. The molecule has 0 fully saturated rings. The van der Waals surface area contributed by atoms with Crippen LogP contribution in [0, 0.1) is 6.92 Å². The van der Waals surface area contributed by atoms with Crippen molar-refractivity contribution in [1.29, 1.82) is 0 Å². The van der Waals surface area contributed by atoms with Gasteiger partial charge in [0.15, 0.2) is 0 Å². The average molecular weight is 302 g/mol. The Morgan fingerprint density at radius 2 is 1.71 bits per heavy atom. The highest BCUT2D eigenvalue weighted by Crippen LogP contribution is 2.29. The summed E-state index contributed by atoms with van der Waals surface area (Å²) >= 11 is 0. The van der Waals surface area contributed by atoms with Crippen molar-refractivity contribution in [3.63, 3.8) is 0 Å². The molecule has 2 atom stereocenters. The van der Waals surface area contributed by atoms with Crippen molar-refractivity contribution >= 4 is 0 Å². The number of hydrogen-bond acceptors (Lipinski definition) is 2. The largest absolute Gasteiger partial charge is 0.401 e. The van der Waals surface area contributed by atoms with Crippen molar-refractivity contribution < 1.29 is 13.2 Å². The van der Waals surface area contributed by atoms with E-state index in [0.29, 0.717) is 19.4 Å². The first kappa shape index (κ1) is 18.0. The summed E-state index contributed by atoms with van der Waals surface area (Å²) in [5.41, 5.74) is 8.07. The Morgan fingerprint density at radius 1 is 1.14 bits per heavy atom. The van der Waals surface area contributed by atoms with Crippen LogP contribution in [0.4, 0.5) is 13.2 Å². The number of nitrogens with zero attached hydrogens (tertiary/aromatic N) is 1. The van der Waals surface area contributed by atoms with Crippen LogP contribution in [-0.2, 0) is 0 Å². The second kappa shape index (κ2) is 7.80. The molecule has 0 saturated carbocycles. The summed E-state index contributed by atoms with van der Waals surface area (Å²) in [5.74, 6) is 0. The fourth-order valence-corrected chi connectivity index (χ4v) is 2.55. The molecular formula is C16H25F3N2. The number of aryl methyl sites for hydroxylation is 1. The third-order valence-corrected chi connectivity index (χ3v) is 3.58. The monoisotopic (exact) mass is 302 g/mol. The summed E-state index contributed by atoms with van der Waals surface area (Å²) in [5, 5.41) is 0.